The Morgan fingerprint density at radius 1 is 1.50 bits per heavy atom. The second-order valence-electron chi connectivity index (χ2n) is 6.56. The Bertz CT molecular complexity index is 486. The molecule has 1 aromatic rings. The highest BCUT2D eigenvalue weighted by atomic mass is 32.2. The lowest BCUT2D eigenvalue weighted by molar-refractivity contribution is 0.144. The molecule has 1 aliphatic carbocycles. The first kappa shape index (κ1) is 15.4. The molecule has 1 aromatic heterocycles. The van der Waals surface area contributed by atoms with Crippen molar-refractivity contribution in [3.63, 3.8) is 0 Å². The molecule has 3 unspecified atom stereocenters. The summed E-state index contributed by atoms with van der Waals surface area (Å²) in [7, 11) is 2.02. The van der Waals surface area contributed by atoms with Crippen LogP contribution in [0.3, 0.4) is 0 Å². The molecule has 3 atom stereocenters. The lowest BCUT2D eigenvalue weighted by Gasteiger charge is -2.41. The van der Waals surface area contributed by atoms with E-state index in [4.69, 9.17) is 0 Å². The second-order valence-corrected chi connectivity index (χ2v) is 7.77. The minimum Gasteiger partial charge on any atom is -0.329 e. The van der Waals surface area contributed by atoms with Crippen molar-refractivity contribution >= 4 is 11.8 Å². The summed E-state index contributed by atoms with van der Waals surface area (Å²) in [6.45, 7) is 7.01. The quantitative estimate of drug-likeness (QED) is 0.832. The standard InChI is InChI=1S/C16H25N3S/c1-5-16(2,3)13-7-6-12(11-17)14(10-13)20-15-18-8-9-19(15)4/h8-9,12-14H,5-7,10H2,1-4H3. The van der Waals surface area contributed by atoms with Gasteiger partial charge in [0.1, 0.15) is 0 Å². The molecule has 3 nitrogen and oxygen atoms in total. The molecule has 20 heavy (non-hydrogen) atoms. The molecule has 0 aliphatic heterocycles. The predicted molar refractivity (Wildman–Crippen MR) is 83.4 cm³/mol. The van der Waals surface area contributed by atoms with E-state index in [0.717, 1.165) is 23.9 Å². The highest BCUT2D eigenvalue weighted by Crippen LogP contribution is 2.46. The number of aromatic nitrogens is 2. The molecule has 4 heteroatoms. The van der Waals surface area contributed by atoms with Crippen LogP contribution in [0, 0.1) is 28.6 Å². The lowest BCUT2D eigenvalue weighted by Crippen LogP contribution is -2.34. The van der Waals surface area contributed by atoms with E-state index >= 15 is 0 Å². The number of nitrogens with zero attached hydrogens (tertiary/aromatic N) is 3. The van der Waals surface area contributed by atoms with Crippen molar-refractivity contribution in [2.45, 2.75) is 56.9 Å². The van der Waals surface area contributed by atoms with Crippen LogP contribution >= 0.6 is 11.8 Å². The maximum absolute atomic E-state index is 9.42. The molecule has 0 amide bonds. The van der Waals surface area contributed by atoms with Crippen LogP contribution in [-0.2, 0) is 7.05 Å². The van der Waals surface area contributed by atoms with E-state index < -0.39 is 0 Å². The third-order valence-electron chi connectivity index (χ3n) is 5.01. The summed E-state index contributed by atoms with van der Waals surface area (Å²) in [6, 6.07) is 2.52. The van der Waals surface area contributed by atoms with Gasteiger partial charge in [-0.3, -0.25) is 0 Å². The molecule has 1 fully saturated rings. The molecule has 0 bridgehead atoms. The molecule has 1 aliphatic rings. The van der Waals surface area contributed by atoms with Crippen molar-refractivity contribution in [2.24, 2.45) is 24.3 Å². The zero-order chi connectivity index (χ0) is 14.8. The maximum atomic E-state index is 9.42. The van der Waals surface area contributed by atoms with E-state index in [1.807, 2.05) is 24.0 Å². The Morgan fingerprint density at radius 3 is 2.80 bits per heavy atom. The Hall–Kier alpha value is -0.950. The van der Waals surface area contributed by atoms with Crippen LogP contribution in [-0.4, -0.2) is 14.8 Å². The number of aryl methyl sites for hydroxylation is 1. The molecule has 110 valence electrons. The first-order chi connectivity index (χ1) is 9.47. The highest BCUT2D eigenvalue weighted by molar-refractivity contribution is 7.99. The third-order valence-corrected chi connectivity index (χ3v) is 6.44. The van der Waals surface area contributed by atoms with Gasteiger partial charge in [-0.15, -0.1) is 0 Å². The van der Waals surface area contributed by atoms with Gasteiger partial charge < -0.3 is 4.57 Å². The summed E-state index contributed by atoms with van der Waals surface area (Å²) < 4.78 is 2.05. The minimum absolute atomic E-state index is 0.167. The van der Waals surface area contributed by atoms with Crippen LogP contribution in [0.5, 0.6) is 0 Å². The molecule has 1 heterocycles. The average molecular weight is 291 g/mol. The van der Waals surface area contributed by atoms with Crippen molar-refractivity contribution in [1.29, 1.82) is 5.26 Å². The van der Waals surface area contributed by atoms with E-state index in [1.54, 1.807) is 11.8 Å². The van der Waals surface area contributed by atoms with Gasteiger partial charge in [-0.25, -0.2) is 4.98 Å². The van der Waals surface area contributed by atoms with Gasteiger partial charge in [-0.2, -0.15) is 5.26 Å². The van der Waals surface area contributed by atoms with E-state index in [0.29, 0.717) is 10.7 Å². The fourth-order valence-electron chi connectivity index (χ4n) is 3.01. The van der Waals surface area contributed by atoms with Gasteiger partial charge in [0.25, 0.3) is 0 Å². The average Bonchev–Trinajstić information content (AvgIpc) is 2.84. The fraction of sp³-hybridized carbons (Fsp3) is 0.750. The Kier molecular flexibility index (Phi) is 4.80. The van der Waals surface area contributed by atoms with Crippen molar-refractivity contribution in [3.05, 3.63) is 12.4 Å². The zero-order valence-corrected chi connectivity index (χ0v) is 13.8. The summed E-state index contributed by atoms with van der Waals surface area (Å²) in [5.41, 5.74) is 0.376. The number of rotatable bonds is 4. The maximum Gasteiger partial charge on any atom is 0.167 e. The first-order valence-electron chi connectivity index (χ1n) is 7.51. The van der Waals surface area contributed by atoms with Gasteiger partial charge >= 0.3 is 0 Å². The van der Waals surface area contributed by atoms with E-state index in [9.17, 15) is 5.26 Å². The van der Waals surface area contributed by atoms with Gasteiger partial charge in [0.15, 0.2) is 5.16 Å². The van der Waals surface area contributed by atoms with Crippen LogP contribution < -0.4 is 0 Å². The summed E-state index contributed by atoms with van der Waals surface area (Å²) >= 11 is 1.79. The Morgan fingerprint density at radius 2 is 2.25 bits per heavy atom. The number of imidazole rings is 1. The largest absolute Gasteiger partial charge is 0.329 e. The monoisotopic (exact) mass is 291 g/mol. The summed E-state index contributed by atoms with van der Waals surface area (Å²) in [6.07, 6.45) is 8.37. The van der Waals surface area contributed by atoms with Crippen molar-refractivity contribution < 1.29 is 0 Å². The van der Waals surface area contributed by atoms with Gasteiger partial charge in [0, 0.05) is 24.7 Å². The van der Waals surface area contributed by atoms with Crippen LogP contribution in [0.1, 0.15) is 46.5 Å². The molecule has 2 rings (SSSR count). The summed E-state index contributed by atoms with van der Waals surface area (Å²) in [4.78, 5) is 4.40. The zero-order valence-electron chi connectivity index (χ0n) is 13.0. The van der Waals surface area contributed by atoms with Crippen molar-refractivity contribution in [3.8, 4) is 6.07 Å². The van der Waals surface area contributed by atoms with Crippen LogP contribution in [0.2, 0.25) is 0 Å². The fourth-order valence-corrected chi connectivity index (χ4v) is 4.32. The number of thioether (sulfide) groups is 1. The molecule has 0 N–H and O–H groups in total. The summed E-state index contributed by atoms with van der Waals surface area (Å²) in [5.74, 6) is 0.885. The van der Waals surface area contributed by atoms with E-state index in [1.165, 1.54) is 12.8 Å². The van der Waals surface area contributed by atoms with Gasteiger partial charge in [0.05, 0.1) is 12.0 Å². The molecule has 0 saturated heterocycles. The lowest BCUT2D eigenvalue weighted by atomic mass is 9.67. The Balaban J connectivity index is 2.11. The van der Waals surface area contributed by atoms with Crippen molar-refractivity contribution in [1.82, 2.24) is 9.55 Å². The van der Waals surface area contributed by atoms with Crippen LogP contribution in [0.4, 0.5) is 0 Å². The third kappa shape index (κ3) is 3.20. The smallest absolute Gasteiger partial charge is 0.167 e. The van der Waals surface area contributed by atoms with Gasteiger partial charge in [-0.1, -0.05) is 39.0 Å². The number of hydrogen-bond acceptors (Lipinski definition) is 3. The Labute approximate surface area is 126 Å². The van der Waals surface area contributed by atoms with Gasteiger partial charge in [-0.05, 0) is 30.6 Å². The second kappa shape index (κ2) is 6.22. The molecule has 0 spiro atoms. The molecule has 0 aromatic carbocycles. The van der Waals surface area contributed by atoms with Crippen LogP contribution in [0.15, 0.2) is 17.6 Å². The van der Waals surface area contributed by atoms with Gasteiger partial charge in [0.2, 0.25) is 0 Å². The summed E-state index contributed by atoms with van der Waals surface area (Å²) in [5, 5.41) is 10.8. The SMILES string of the molecule is CCC(C)(C)C1CCC(C#N)C(Sc2nccn2C)C1. The van der Waals surface area contributed by atoms with Crippen molar-refractivity contribution in [2.75, 3.05) is 0 Å². The molecular weight excluding hydrogens is 266 g/mol. The number of nitriles is 1. The first-order valence-corrected chi connectivity index (χ1v) is 8.39. The predicted octanol–water partition coefficient (Wildman–Crippen LogP) is 4.26. The normalized spacial score (nSPS) is 27.2. The topological polar surface area (TPSA) is 41.6 Å². The molecule has 1 saturated carbocycles. The highest BCUT2D eigenvalue weighted by Gasteiger charge is 2.38. The molecular formula is C16H25N3S. The van der Waals surface area contributed by atoms with E-state index in [2.05, 4.69) is 31.8 Å². The molecule has 0 radical (unpaired) electrons. The van der Waals surface area contributed by atoms with Crippen LogP contribution in [0.25, 0.3) is 0 Å². The van der Waals surface area contributed by atoms with E-state index in [-0.39, 0.29) is 5.92 Å². The number of hydrogen-bond donors (Lipinski definition) is 0. The minimum atomic E-state index is 0.167.